The van der Waals surface area contributed by atoms with Gasteiger partial charge in [-0.2, -0.15) is 0 Å². The lowest BCUT2D eigenvalue weighted by Crippen LogP contribution is -2.28. The summed E-state index contributed by atoms with van der Waals surface area (Å²) in [5.41, 5.74) is 1.21. The molecule has 0 aromatic heterocycles. The Balaban J connectivity index is 2.20. The molecule has 0 N–H and O–H groups in total. The van der Waals surface area contributed by atoms with Crippen LogP contribution in [0, 0.1) is 0 Å². The fourth-order valence-electron chi connectivity index (χ4n) is 2.32. The molecule has 1 aliphatic heterocycles. The summed E-state index contributed by atoms with van der Waals surface area (Å²) in [6.45, 7) is 6.32. The van der Waals surface area contributed by atoms with E-state index < -0.39 is 0 Å². The Morgan fingerprint density at radius 1 is 1.06 bits per heavy atom. The monoisotopic (exact) mass is 220 g/mol. The molecule has 1 fully saturated rings. The largest absolute Gasteiger partial charge is 0.344 e. The van der Waals surface area contributed by atoms with Crippen molar-refractivity contribution >= 4 is 0 Å². The van der Waals surface area contributed by atoms with Gasteiger partial charge in [0.15, 0.2) is 5.79 Å². The van der Waals surface area contributed by atoms with Crippen LogP contribution in [0.2, 0.25) is 0 Å². The number of hydrogen-bond acceptors (Lipinski definition) is 2. The second-order valence-electron chi connectivity index (χ2n) is 4.39. The van der Waals surface area contributed by atoms with Crippen molar-refractivity contribution in [1.29, 1.82) is 0 Å². The van der Waals surface area contributed by atoms with Gasteiger partial charge in [0, 0.05) is 0 Å². The van der Waals surface area contributed by atoms with Gasteiger partial charge in [-0.25, -0.2) is 0 Å². The van der Waals surface area contributed by atoms with E-state index in [1.807, 2.05) is 18.2 Å². The first kappa shape index (κ1) is 11.6. The first-order valence-corrected chi connectivity index (χ1v) is 6.11. The van der Waals surface area contributed by atoms with Gasteiger partial charge in [-0.3, -0.25) is 0 Å². The van der Waals surface area contributed by atoms with E-state index in [4.69, 9.17) is 9.47 Å². The maximum absolute atomic E-state index is 6.12. The Bertz CT molecular complexity index is 330. The van der Waals surface area contributed by atoms with Crippen LogP contribution in [0.5, 0.6) is 0 Å². The molecule has 1 aromatic carbocycles. The van der Waals surface area contributed by atoms with E-state index in [1.165, 1.54) is 5.56 Å². The summed E-state index contributed by atoms with van der Waals surface area (Å²) in [7, 11) is 0. The van der Waals surface area contributed by atoms with Crippen LogP contribution in [0.4, 0.5) is 0 Å². The molecule has 1 heterocycles. The summed E-state index contributed by atoms with van der Waals surface area (Å²) in [5.74, 6) is -0.375. The van der Waals surface area contributed by atoms with E-state index >= 15 is 0 Å². The maximum Gasteiger partial charge on any atom is 0.169 e. The highest BCUT2D eigenvalue weighted by atomic mass is 16.8. The Morgan fingerprint density at radius 2 is 1.69 bits per heavy atom. The molecule has 2 rings (SSSR count). The van der Waals surface area contributed by atoms with Crippen molar-refractivity contribution in [2.45, 2.75) is 51.6 Å². The van der Waals surface area contributed by atoms with Crippen molar-refractivity contribution in [3.63, 3.8) is 0 Å². The number of hydrogen-bond donors (Lipinski definition) is 0. The second-order valence-corrected chi connectivity index (χ2v) is 4.39. The zero-order valence-electron chi connectivity index (χ0n) is 10.3. The Morgan fingerprint density at radius 3 is 2.19 bits per heavy atom. The summed E-state index contributed by atoms with van der Waals surface area (Å²) in [4.78, 5) is 0. The van der Waals surface area contributed by atoms with Crippen molar-refractivity contribution in [1.82, 2.24) is 0 Å². The van der Waals surface area contributed by atoms with Crippen molar-refractivity contribution in [2.75, 3.05) is 0 Å². The third-order valence-corrected chi connectivity index (χ3v) is 3.37. The van der Waals surface area contributed by atoms with E-state index in [2.05, 4.69) is 32.9 Å². The molecular formula is C14H20O2. The normalized spacial score (nSPS) is 28.2. The summed E-state index contributed by atoms with van der Waals surface area (Å²) < 4.78 is 12.1. The van der Waals surface area contributed by atoms with Gasteiger partial charge in [-0.15, -0.1) is 0 Å². The van der Waals surface area contributed by atoms with Crippen molar-refractivity contribution < 1.29 is 9.47 Å². The van der Waals surface area contributed by atoms with E-state index in [9.17, 15) is 0 Å². The predicted octanol–water partition coefficient (Wildman–Crippen LogP) is 3.68. The van der Waals surface area contributed by atoms with Gasteiger partial charge < -0.3 is 9.47 Å². The molecule has 2 unspecified atom stereocenters. The Hall–Kier alpha value is -0.860. The topological polar surface area (TPSA) is 18.5 Å². The highest BCUT2D eigenvalue weighted by Crippen LogP contribution is 2.41. The van der Waals surface area contributed by atoms with Gasteiger partial charge in [0.05, 0.1) is 6.10 Å². The molecule has 0 bridgehead atoms. The van der Waals surface area contributed by atoms with Crippen LogP contribution in [0.15, 0.2) is 30.3 Å². The average Bonchev–Trinajstić information content (AvgIpc) is 2.69. The quantitative estimate of drug-likeness (QED) is 0.773. The van der Waals surface area contributed by atoms with E-state index in [-0.39, 0.29) is 18.0 Å². The molecule has 2 heteroatoms. The van der Waals surface area contributed by atoms with Crippen molar-refractivity contribution in [3.8, 4) is 0 Å². The number of rotatable bonds is 3. The zero-order chi connectivity index (χ0) is 11.6. The summed E-state index contributed by atoms with van der Waals surface area (Å²) in [5, 5.41) is 0. The van der Waals surface area contributed by atoms with Gasteiger partial charge in [0.1, 0.15) is 6.10 Å². The van der Waals surface area contributed by atoms with Crippen LogP contribution < -0.4 is 0 Å². The Kier molecular flexibility index (Phi) is 3.31. The van der Waals surface area contributed by atoms with E-state index in [0.717, 1.165) is 12.8 Å². The molecule has 0 radical (unpaired) electrons. The minimum Gasteiger partial charge on any atom is -0.344 e. The first-order valence-electron chi connectivity index (χ1n) is 6.11. The fourth-order valence-corrected chi connectivity index (χ4v) is 2.32. The van der Waals surface area contributed by atoms with Crippen LogP contribution in [-0.2, 0) is 9.47 Å². The van der Waals surface area contributed by atoms with Gasteiger partial charge in [-0.1, -0.05) is 44.2 Å². The molecule has 0 spiro atoms. The third-order valence-electron chi connectivity index (χ3n) is 3.37. The van der Waals surface area contributed by atoms with Gasteiger partial charge in [-0.05, 0) is 25.3 Å². The van der Waals surface area contributed by atoms with Crippen LogP contribution in [0.3, 0.4) is 0 Å². The zero-order valence-corrected chi connectivity index (χ0v) is 10.3. The highest BCUT2D eigenvalue weighted by molar-refractivity contribution is 5.19. The van der Waals surface area contributed by atoms with Gasteiger partial charge in [0.2, 0.25) is 0 Å². The highest BCUT2D eigenvalue weighted by Gasteiger charge is 2.43. The molecular weight excluding hydrogens is 200 g/mol. The molecule has 2 nitrogen and oxygen atoms in total. The second kappa shape index (κ2) is 4.56. The van der Waals surface area contributed by atoms with Crippen LogP contribution >= 0.6 is 0 Å². The molecule has 1 aromatic rings. The molecule has 1 aliphatic rings. The van der Waals surface area contributed by atoms with Crippen LogP contribution in [0.1, 0.15) is 45.3 Å². The van der Waals surface area contributed by atoms with E-state index in [1.54, 1.807) is 0 Å². The smallest absolute Gasteiger partial charge is 0.169 e. The lowest BCUT2D eigenvalue weighted by Gasteiger charge is -2.25. The fraction of sp³-hybridized carbons (Fsp3) is 0.571. The minimum atomic E-state index is -0.375. The number of ether oxygens (including phenoxy) is 2. The molecule has 0 saturated carbocycles. The molecule has 1 saturated heterocycles. The lowest BCUT2D eigenvalue weighted by molar-refractivity contribution is -0.178. The van der Waals surface area contributed by atoms with Crippen LogP contribution in [0.25, 0.3) is 0 Å². The van der Waals surface area contributed by atoms with E-state index in [0.29, 0.717) is 0 Å². The standard InChI is InChI=1S/C14H20O2/c1-4-14(5-2)15-11(3)13(16-14)12-9-7-6-8-10-12/h6-11,13H,4-5H2,1-3H3. The first-order chi connectivity index (χ1) is 7.71. The van der Waals surface area contributed by atoms with Crippen molar-refractivity contribution in [3.05, 3.63) is 35.9 Å². The lowest BCUT2D eigenvalue weighted by atomic mass is 10.1. The maximum atomic E-state index is 6.12. The van der Waals surface area contributed by atoms with Gasteiger partial charge >= 0.3 is 0 Å². The average molecular weight is 220 g/mol. The van der Waals surface area contributed by atoms with Gasteiger partial charge in [0.25, 0.3) is 0 Å². The van der Waals surface area contributed by atoms with Crippen molar-refractivity contribution in [2.24, 2.45) is 0 Å². The molecule has 2 atom stereocenters. The minimum absolute atomic E-state index is 0.0705. The summed E-state index contributed by atoms with van der Waals surface area (Å²) in [6, 6.07) is 10.3. The molecule has 16 heavy (non-hydrogen) atoms. The summed E-state index contributed by atoms with van der Waals surface area (Å²) >= 11 is 0. The SMILES string of the molecule is CCC1(CC)OC(C)C(c2ccccc2)O1. The summed E-state index contributed by atoms with van der Waals surface area (Å²) in [6.07, 6.45) is 2.00. The number of benzene rings is 1. The molecule has 88 valence electrons. The molecule has 0 aliphatic carbocycles. The molecule has 0 amide bonds. The Labute approximate surface area is 97.6 Å². The van der Waals surface area contributed by atoms with Crippen LogP contribution in [-0.4, -0.2) is 11.9 Å². The third kappa shape index (κ3) is 2.00. The predicted molar refractivity (Wildman–Crippen MR) is 64.1 cm³/mol.